The van der Waals surface area contributed by atoms with Gasteiger partial charge in [-0.3, -0.25) is 0 Å². The minimum atomic E-state index is 0. The number of rotatable bonds is 6. The fourth-order valence-corrected chi connectivity index (χ4v) is 4.59. The first-order valence-corrected chi connectivity index (χ1v) is 14.1. The van der Waals surface area contributed by atoms with Crippen molar-refractivity contribution in [2.24, 2.45) is 0 Å². The number of benzene rings is 6. The maximum Gasteiger partial charge on any atom is 0.0461 e. The smallest absolute Gasteiger partial charge is 0.0461 e. The predicted molar refractivity (Wildman–Crippen MR) is 183 cm³/mol. The topological polar surface area (TPSA) is 58.2 Å². The summed E-state index contributed by atoms with van der Waals surface area (Å²) in [4.78, 5) is 4.53. The van der Waals surface area contributed by atoms with Gasteiger partial charge < -0.3 is 20.4 Å². The normalized spacial score (nSPS) is 9.67. The lowest BCUT2D eigenvalue weighted by molar-refractivity contribution is 0.399. The Balaban J connectivity index is 0.000000218. The third kappa shape index (κ3) is 8.91. The first-order valence-electron chi connectivity index (χ1n) is 14.1. The third-order valence-corrected chi connectivity index (χ3v) is 6.64. The highest BCUT2D eigenvalue weighted by molar-refractivity contribution is 5.77. The SMILES string of the molecule is CO.Cc1ccc(N(c2ccccc2)c2ccccc2)cc1.Cc1ccc(N(c2ccccc2)c2ccccc2)cc1.O. The van der Waals surface area contributed by atoms with Crippen LogP contribution >= 0.6 is 0 Å². The number of aliphatic hydroxyl groups is 1. The minimum Gasteiger partial charge on any atom is -0.412 e. The summed E-state index contributed by atoms with van der Waals surface area (Å²) in [7, 11) is 1.00. The number of nitrogens with zero attached hydrogens (tertiary/aromatic N) is 2. The van der Waals surface area contributed by atoms with Crippen LogP contribution in [0, 0.1) is 13.8 Å². The van der Waals surface area contributed by atoms with Gasteiger partial charge in [-0.05, 0) is 86.6 Å². The number of para-hydroxylation sites is 4. The second-order valence-corrected chi connectivity index (χ2v) is 9.68. The molecule has 0 aliphatic carbocycles. The molecule has 0 amide bonds. The number of anilines is 6. The molecule has 0 aromatic heterocycles. The van der Waals surface area contributed by atoms with Crippen molar-refractivity contribution in [2.45, 2.75) is 13.8 Å². The van der Waals surface area contributed by atoms with Crippen LogP contribution in [0.4, 0.5) is 34.1 Å². The molecule has 0 fully saturated rings. The molecule has 4 heteroatoms. The van der Waals surface area contributed by atoms with Gasteiger partial charge in [-0.2, -0.15) is 0 Å². The second kappa shape index (κ2) is 16.9. The zero-order chi connectivity index (χ0) is 29.6. The third-order valence-electron chi connectivity index (χ3n) is 6.64. The largest absolute Gasteiger partial charge is 0.412 e. The lowest BCUT2D eigenvalue weighted by atomic mass is 10.1. The molecule has 6 aromatic rings. The van der Waals surface area contributed by atoms with Crippen molar-refractivity contribution >= 4 is 34.1 Å². The Bertz CT molecular complexity index is 1370. The molecular formula is C39H40N2O2. The van der Waals surface area contributed by atoms with E-state index < -0.39 is 0 Å². The Hall–Kier alpha value is -5.16. The average molecular weight is 569 g/mol. The number of aryl methyl sites for hydroxylation is 2. The zero-order valence-electron chi connectivity index (χ0n) is 25.0. The number of aliphatic hydroxyl groups excluding tert-OH is 1. The van der Waals surface area contributed by atoms with Crippen molar-refractivity contribution in [1.29, 1.82) is 0 Å². The van der Waals surface area contributed by atoms with Gasteiger partial charge in [-0.25, -0.2) is 0 Å². The fourth-order valence-electron chi connectivity index (χ4n) is 4.59. The predicted octanol–water partition coefficient (Wildman–Crippen LogP) is 9.71. The molecule has 0 unspecified atom stereocenters. The summed E-state index contributed by atoms with van der Waals surface area (Å²) in [6, 6.07) is 59.0. The van der Waals surface area contributed by atoms with E-state index in [-0.39, 0.29) is 5.48 Å². The Morgan fingerprint density at radius 1 is 0.302 bits per heavy atom. The van der Waals surface area contributed by atoms with Crippen LogP contribution in [0.2, 0.25) is 0 Å². The minimum absolute atomic E-state index is 0. The van der Waals surface area contributed by atoms with E-state index >= 15 is 0 Å². The molecule has 43 heavy (non-hydrogen) atoms. The second-order valence-electron chi connectivity index (χ2n) is 9.68. The molecule has 6 aromatic carbocycles. The zero-order valence-corrected chi connectivity index (χ0v) is 25.0. The molecule has 0 aliphatic heterocycles. The maximum atomic E-state index is 7.00. The molecule has 0 heterocycles. The van der Waals surface area contributed by atoms with E-state index in [1.54, 1.807) is 0 Å². The first kappa shape index (κ1) is 32.4. The van der Waals surface area contributed by atoms with E-state index in [1.807, 2.05) is 24.3 Å². The van der Waals surface area contributed by atoms with E-state index in [9.17, 15) is 0 Å². The standard InChI is InChI=1S/2C19H17N.CH4O.H2O/c2*1-16-12-14-19(15-13-16)20(17-8-4-2-5-9-17)18-10-6-3-7-11-18;1-2;/h2*2-15H,1H3;2H,1H3;1H2. The van der Waals surface area contributed by atoms with Crippen LogP contribution in [0.25, 0.3) is 0 Å². The van der Waals surface area contributed by atoms with Crippen molar-refractivity contribution in [1.82, 2.24) is 0 Å². The van der Waals surface area contributed by atoms with Gasteiger partial charge in [-0.15, -0.1) is 0 Å². The molecular weight excluding hydrogens is 528 g/mol. The summed E-state index contributed by atoms with van der Waals surface area (Å²) < 4.78 is 0. The average Bonchev–Trinajstić information content (AvgIpc) is 3.07. The number of hydrogen-bond donors (Lipinski definition) is 1. The van der Waals surface area contributed by atoms with Gasteiger partial charge in [0, 0.05) is 41.2 Å². The summed E-state index contributed by atoms with van der Waals surface area (Å²) >= 11 is 0. The quantitative estimate of drug-likeness (QED) is 0.218. The molecule has 0 radical (unpaired) electrons. The Kier molecular flexibility index (Phi) is 12.8. The lowest BCUT2D eigenvalue weighted by Gasteiger charge is -2.25. The highest BCUT2D eigenvalue weighted by atomic mass is 16.2. The molecule has 0 spiro atoms. The number of hydrogen-bond acceptors (Lipinski definition) is 3. The maximum absolute atomic E-state index is 7.00. The van der Waals surface area contributed by atoms with E-state index in [0.717, 1.165) is 7.11 Å². The van der Waals surface area contributed by atoms with Crippen LogP contribution in [0.15, 0.2) is 170 Å². The van der Waals surface area contributed by atoms with Gasteiger partial charge in [0.15, 0.2) is 0 Å². The van der Waals surface area contributed by atoms with Crippen LogP contribution in [0.3, 0.4) is 0 Å². The monoisotopic (exact) mass is 568 g/mol. The van der Waals surface area contributed by atoms with Crippen molar-refractivity contribution < 1.29 is 10.6 Å². The molecule has 0 bridgehead atoms. The lowest BCUT2D eigenvalue weighted by Crippen LogP contribution is -2.09. The van der Waals surface area contributed by atoms with Gasteiger partial charge in [0.2, 0.25) is 0 Å². The molecule has 218 valence electrons. The van der Waals surface area contributed by atoms with Crippen LogP contribution in [-0.2, 0) is 0 Å². The van der Waals surface area contributed by atoms with Gasteiger partial charge in [0.1, 0.15) is 0 Å². The molecule has 6 rings (SSSR count). The fraction of sp³-hybridized carbons (Fsp3) is 0.0769. The summed E-state index contributed by atoms with van der Waals surface area (Å²) in [5.41, 5.74) is 9.57. The van der Waals surface area contributed by atoms with E-state index in [4.69, 9.17) is 5.11 Å². The van der Waals surface area contributed by atoms with Crippen molar-refractivity contribution in [2.75, 3.05) is 16.9 Å². The van der Waals surface area contributed by atoms with Crippen LogP contribution in [0.5, 0.6) is 0 Å². The molecule has 0 saturated heterocycles. The van der Waals surface area contributed by atoms with Gasteiger partial charge in [-0.1, -0.05) is 108 Å². The van der Waals surface area contributed by atoms with Crippen LogP contribution in [0.1, 0.15) is 11.1 Å². The highest BCUT2D eigenvalue weighted by Crippen LogP contribution is 2.35. The molecule has 3 N–H and O–H groups in total. The van der Waals surface area contributed by atoms with Crippen molar-refractivity contribution in [3.8, 4) is 0 Å². The van der Waals surface area contributed by atoms with Crippen LogP contribution in [-0.4, -0.2) is 17.7 Å². The van der Waals surface area contributed by atoms with Gasteiger partial charge >= 0.3 is 0 Å². The van der Waals surface area contributed by atoms with Gasteiger partial charge in [0.05, 0.1) is 0 Å². The molecule has 0 aliphatic rings. The molecule has 0 atom stereocenters. The molecule has 4 nitrogen and oxygen atoms in total. The Morgan fingerprint density at radius 2 is 0.488 bits per heavy atom. The highest BCUT2D eigenvalue weighted by Gasteiger charge is 2.12. The summed E-state index contributed by atoms with van der Waals surface area (Å²) in [6.07, 6.45) is 0. The van der Waals surface area contributed by atoms with E-state index in [0.29, 0.717) is 0 Å². The Labute approximate surface area is 256 Å². The summed E-state index contributed by atoms with van der Waals surface area (Å²) in [6.45, 7) is 4.22. The first-order chi connectivity index (χ1) is 20.7. The molecule has 0 saturated carbocycles. The summed E-state index contributed by atoms with van der Waals surface area (Å²) in [5, 5.41) is 7.00. The van der Waals surface area contributed by atoms with E-state index in [1.165, 1.54) is 45.3 Å². The van der Waals surface area contributed by atoms with E-state index in [2.05, 4.69) is 169 Å². The Morgan fingerprint density at radius 3 is 0.698 bits per heavy atom. The van der Waals surface area contributed by atoms with Crippen molar-refractivity contribution in [3.05, 3.63) is 181 Å². The van der Waals surface area contributed by atoms with Gasteiger partial charge in [0.25, 0.3) is 0 Å². The van der Waals surface area contributed by atoms with Crippen molar-refractivity contribution in [3.63, 3.8) is 0 Å². The van der Waals surface area contributed by atoms with Crippen LogP contribution < -0.4 is 9.80 Å². The summed E-state index contributed by atoms with van der Waals surface area (Å²) in [5.74, 6) is 0.